The molecule has 0 fully saturated rings. The molecule has 2 aromatic carbocycles. The highest BCUT2D eigenvalue weighted by atomic mass is 19.4. The van der Waals surface area contributed by atoms with Gasteiger partial charge in [0.05, 0.1) is 5.56 Å². The molecule has 1 aliphatic heterocycles. The molecule has 0 radical (unpaired) electrons. The topological polar surface area (TPSA) is 73.9 Å². The summed E-state index contributed by atoms with van der Waals surface area (Å²) in [5, 5.41) is 2.59. The quantitative estimate of drug-likeness (QED) is 0.599. The number of amides is 1. The van der Waals surface area contributed by atoms with Gasteiger partial charge >= 0.3 is 12.1 Å². The zero-order valence-corrected chi connectivity index (χ0v) is 15.2. The zero-order chi connectivity index (χ0) is 21.0. The maximum Gasteiger partial charge on any atom is 0.416 e. The Kier molecular flexibility index (Phi) is 5.76. The third-order valence-electron chi connectivity index (χ3n) is 3.95. The van der Waals surface area contributed by atoms with Gasteiger partial charge in [-0.2, -0.15) is 13.2 Å². The molecule has 152 valence electrons. The fourth-order valence-electron chi connectivity index (χ4n) is 2.43. The maximum absolute atomic E-state index is 12.5. The molecule has 0 aliphatic carbocycles. The molecule has 0 aromatic heterocycles. The summed E-state index contributed by atoms with van der Waals surface area (Å²) in [5.74, 6) is -0.304. The second-order valence-corrected chi connectivity index (χ2v) is 6.09. The van der Waals surface area contributed by atoms with Crippen molar-refractivity contribution < 1.29 is 37.0 Å². The normalized spacial score (nSPS) is 13.9. The first-order chi connectivity index (χ1) is 13.7. The van der Waals surface area contributed by atoms with Crippen molar-refractivity contribution in [1.82, 2.24) is 0 Å². The summed E-state index contributed by atoms with van der Waals surface area (Å²) in [7, 11) is 0. The number of hydrogen-bond donors (Lipinski definition) is 1. The van der Waals surface area contributed by atoms with Gasteiger partial charge in [0.1, 0.15) is 0 Å². The predicted octanol–water partition coefficient (Wildman–Crippen LogP) is 4.02. The molecule has 1 atom stereocenters. The van der Waals surface area contributed by atoms with E-state index < -0.39 is 29.7 Å². The third kappa shape index (κ3) is 5.28. The molecule has 0 unspecified atom stereocenters. The zero-order valence-electron chi connectivity index (χ0n) is 15.2. The van der Waals surface area contributed by atoms with E-state index >= 15 is 0 Å². The highest BCUT2D eigenvalue weighted by Crippen LogP contribution is 2.34. The Morgan fingerprint density at radius 2 is 1.79 bits per heavy atom. The van der Waals surface area contributed by atoms with E-state index in [0.29, 0.717) is 22.7 Å². The van der Waals surface area contributed by atoms with Gasteiger partial charge in [-0.15, -0.1) is 0 Å². The van der Waals surface area contributed by atoms with E-state index in [2.05, 4.69) is 5.32 Å². The molecule has 0 bridgehead atoms. The first-order valence-corrected chi connectivity index (χ1v) is 8.49. The Labute approximate surface area is 163 Å². The first-order valence-electron chi connectivity index (χ1n) is 8.49. The molecular weight excluding hydrogens is 391 g/mol. The van der Waals surface area contributed by atoms with Gasteiger partial charge in [0.25, 0.3) is 5.91 Å². The fraction of sp³-hybridized carbons (Fsp3) is 0.200. The van der Waals surface area contributed by atoms with Crippen LogP contribution in [-0.2, 0) is 20.5 Å². The number of ether oxygens (including phenoxy) is 3. The minimum Gasteiger partial charge on any atom is -0.454 e. The lowest BCUT2D eigenvalue weighted by atomic mass is 10.1. The van der Waals surface area contributed by atoms with Gasteiger partial charge in [-0.25, -0.2) is 4.79 Å². The Morgan fingerprint density at radius 3 is 2.48 bits per heavy atom. The van der Waals surface area contributed by atoms with E-state index in [9.17, 15) is 22.8 Å². The van der Waals surface area contributed by atoms with Gasteiger partial charge in [-0.3, -0.25) is 4.79 Å². The number of nitrogens with one attached hydrogen (secondary N) is 1. The number of alkyl halides is 3. The number of esters is 1. The summed E-state index contributed by atoms with van der Waals surface area (Å²) in [4.78, 5) is 24.0. The lowest BCUT2D eigenvalue weighted by Gasteiger charge is -2.12. The molecule has 9 heteroatoms. The van der Waals surface area contributed by atoms with Crippen molar-refractivity contribution in [3.05, 3.63) is 59.7 Å². The lowest BCUT2D eigenvalue weighted by molar-refractivity contribution is -0.148. The molecule has 1 aliphatic rings. The largest absolute Gasteiger partial charge is 0.454 e. The van der Waals surface area contributed by atoms with Crippen molar-refractivity contribution >= 4 is 23.6 Å². The van der Waals surface area contributed by atoms with E-state index in [0.717, 1.165) is 18.2 Å². The van der Waals surface area contributed by atoms with Crippen LogP contribution in [0.25, 0.3) is 6.08 Å². The van der Waals surface area contributed by atoms with Gasteiger partial charge in [0, 0.05) is 17.8 Å². The van der Waals surface area contributed by atoms with Crippen LogP contribution in [0.3, 0.4) is 0 Å². The number of halogens is 3. The van der Waals surface area contributed by atoms with Crippen LogP contribution in [0.2, 0.25) is 0 Å². The number of rotatable bonds is 5. The molecule has 0 saturated heterocycles. The van der Waals surface area contributed by atoms with Crippen LogP contribution >= 0.6 is 0 Å². The van der Waals surface area contributed by atoms with Crippen LogP contribution < -0.4 is 14.8 Å². The van der Waals surface area contributed by atoms with Crippen molar-refractivity contribution in [2.24, 2.45) is 0 Å². The number of hydrogen-bond acceptors (Lipinski definition) is 5. The highest BCUT2D eigenvalue weighted by molar-refractivity contribution is 5.96. The van der Waals surface area contributed by atoms with Crippen molar-refractivity contribution in [2.45, 2.75) is 19.2 Å². The second-order valence-electron chi connectivity index (χ2n) is 6.09. The fourth-order valence-corrected chi connectivity index (χ4v) is 2.43. The number of carbonyl (C=O) groups is 2. The molecule has 1 N–H and O–H groups in total. The minimum atomic E-state index is -4.43. The molecule has 6 nitrogen and oxygen atoms in total. The Balaban J connectivity index is 1.53. The number of benzene rings is 2. The molecule has 0 saturated carbocycles. The SMILES string of the molecule is C[C@H](OC(=O)/C=C/c1ccc(C(F)(F)F)cc1)C(=O)Nc1ccc2c(c1)OCO2. The van der Waals surface area contributed by atoms with Gasteiger partial charge in [-0.05, 0) is 42.8 Å². The molecule has 1 amide bonds. The lowest BCUT2D eigenvalue weighted by Crippen LogP contribution is -2.29. The van der Waals surface area contributed by atoms with E-state index in [-0.39, 0.29) is 6.79 Å². The molecule has 1 heterocycles. The van der Waals surface area contributed by atoms with Crippen molar-refractivity contribution in [3.8, 4) is 11.5 Å². The van der Waals surface area contributed by atoms with Crippen LogP contribution in [-0.4, -0.2) is 24.8 Å². The van der Waals surface area contributed by atoms with Gasteiger partial charge in [0.2, 0.25) is 6.79 Å². The molecule has 29 heavy (non-hydrogen) atoms. The van der Waals surface area contributed by atoms with E-state index in [4.69, 9.17) is 14.2 Å². The van der Waals surface area contributed by atoms with Crippen LogP contribution in [0, 0.1) is 0 Å². The van der Waals surface area contributed by atoms with Crippen LogP contribution in [0.15, 0.2) is 48.5 Å². The summed E-state index contributed by atoms with van der Waals surface area (Å²) in [6.07, 6.45) is -3.19. The van der Waals surface area contributed by atoms with Crippen LogP contribution in [0.5, 0.6) is 11.5 Å². The first kappa shape index (κ1) is 20.2. The van der Waals surface area contributed by atoms with Crippen LogP contribution in [0.4, 0.5) is 18.9 Å². The Bertz CT molecular complexity index is 938. The predicted molar refractivity (Wildman–Crippen MR) is 97.2 cm³/mol. The summed E-state index contributed by atoms with van der Waals surface area (Å²) in [5.41, 5.74) is 0.0425. The average molecular weight is 407 g/mol. The van der Waals surface area contributed by atoms with Gasteiger partial charge < -0.3 is 19.5 Å². The average Bonchev–Trinajstić information content (AvgIpc) is 3.13. The summed E-state index contributed by atoms with van der Waals surface area (Å²) >= 11 is 0. The summed E-state index contributed by atoms with van der Waals surface area (Å²) in [6, 6.07) is 9.11. The second kappa shape index (κ2) is 8.26. The van der Waals surface area contributed by atoms with Crippen molar-refractivity contribution in [1.29, 1.82) is 0 Å². The summed E-state index contributed by atoms with van der Waals surface area (Å²) < 4.78 is 53.0. The minimum absolute atomic E-state index is 0.103. The Morgan fingerprint density at radius 1 is 1.10 bits per heavy atom. The monoisotopic (exact) mass is 407 g/mol. The van der Waals surface area contributed by atoms with Gasteiger partial charge in [0.15, 0.2) is 17.6 Å². The smallest absolute Gasteiger partial charge is 0.416 e. The molecule has 2 aromatic rings. The van der Waals surface area contributed by atoms with E-state index in [1.807, 2.05) is 0 Å². The highest BCUT2D eigenvalue weighted by Gasteiger charge is 2.29. The van der Waals surface area contributed by atoms with Crippen molar-refractivity contribution in [3.63, 3.8) is 0 Å². The molecule has 0 spiro atoms. The van der Waals surface area contributed by atoms with Crippen LogP contribution in [0.1, 0.15) is 18.1 Å². The number of carbonyl (C=O) groups excluding carboxylic acids is 2. The van der Waals surface area contributed by atoms with E-state index in [1.54, 1.807) is 18.2 Å². The third-order valence-corrected chi connectivity index (χ3v) is 3.95. The summed E-state index contributed by atoms with van der Waals surface area (Å²) in [6.45, 7) is 1.50. The number of anilines is 1. The standard InChI is InChI=1S/C20H16F3NO5/c1-12(19(26)24-15-7-8-16-17(10-15)28-11-27-16)29-18(25)9-4-13-2-5-14(6-3-13)20(21,22)23/h2-10,12H,11H2,1H3,(H,24,26)/b9-4+/t12-/m0/s1. The van der Waals surface area contributed by atoms with Gasteiger partial charge in [-0.1, -0.05) is 12.1 Å². The number of fused-ring (bicyclic) bond motifs is 1. The molecular formula is C20H16F3NO5. The molecule has 3 rings (SSSR count). The Hall–Kier alpha value is -3.49. The van der Waals surface area contributed by atoms with E-state index in [1.165, 1.54) is 25.1 Å². The van der Waals surface area contributed by atoms with Crippen molar-refractivity contribution in [2.75, 3.05) is 12.1 Å². The maximum atomic E-state index is 12.5.